The quantitative estimate of drug-likeness (QED) is 0.301. The van der Waals surface area contributed by atoms with E-state index in [0.717, 1.165) is 12.0 Å². The Bertz CT molecular complexity index is 764. The molecule has 3 unspecified atom stereocenters. The van der Waals surface area contributed by atoms with Gasteiger partial charge in [0.15, 0.2) is 0 Å². The zero-order chi connectivity index (χ0) is 21.6. The molecule has 0 bridgehead atoms. The molecule has 1 aliphatic heterocycles. The fourth-order valence-electron chi connectivity index (χ4n) is 3.48. The van der Waals surface area contributed by atoms with Crippen molar-refractivity contribution in [2.45, 2.75) is 49.2 Å². The number of methoxy groups -OCH3 is 1. The van der Waals surface area contributed by atoms with Crippen molar-refractivity contribution in [3.05, 3.63) is 35.9 Å². The molecule has 1 amide bonds. The van der Waals surface area contributed by atoms with Gasteiger partial charge in [0.2, 0.25) is 0 Å². The topological polar surface area (TPSA) is 49.9 Å². The number of carbonyl (C=O) groups is 2. The van der Waals surface area contributed by atoms with E-state index in [0.29, 0.717) is 45.3 Å². The summed E-state index contributed by atoms with van der Waals surface area (Å²) in [6.45, 7) is 7.49. The van der Waals surface area contributed by atoms with E-state index < -0.39 is 6.04 Å². The van der Waals surface area contributed by atoms with Gasteiger partial charge in [-0.25, -0.2) is 0 Å². The van der Waals surface area contributed by atoms with Gasteiger partial charge in [-0.3, -0.25) is 0 Å². The summed E-state index contributed by atoms with van der Waals surface area (Å²) < 4.78 is 4.88. The minimum atomic E-state index is -0.538. The number of nitrogens with zero attached hydrogens (tertiary/aromatic N) is 2. The van der Waals surface area contributed by atoms with Gasteiger partial charge in [0.1, 0.15) is 0 Å². The van der Waals surface area contributed by atoms with Gasteiger partial charge >= 0.3 is 191 Å². The van der Waals surface area contributed by atoms with Gasteiger partial charge in [-0.05, 0) is 0 Å². The minimum absolute atomic E-state index is 0.0252. The van der Waals surface area contributed by atoms with Crippen LogP contribution in [0.1, 0.15) is 42.7 Å². The Morgan fingerprint density at radius 1 is 1.31 bits per heavy atom. The van der Waals surface area contributed by atoms with Crippen LogP contribution in [0.15, 0.2) is 30.3 Å². The summed E-state index contributed by atoms with van der Waals surface area (Å²) >= 11 is 0.699. The van der Waals surface area contributed by atoms with Gasteiger partial charge in [0.05, 0.1) is 0 Å². The van der Waals surface area contributed by atoms with Crippen LogP contribution in [0, 0.1) is 17.3 Å². The van der Waals surface area contributed by atoms with Crippen molar-refractivity contribution in [1.82, 2.24) is 9.80 Å². The number of ether oxygens (including phenoxy) is 1. The summed E-state index contributed by atoms with van der Waals surface area (Å²) in [6, 6.07) is 9.47. The van der Waals surface area contributed by atoms with E-state index in [1.54, 1.807) is 4.90 Å². The number of hydrogen-bond acceptors (Lipinski definition) is 4. The maximum absolute atomic E-state index is 13.2. The van der Waals surface area contributed by atoms with Gasteiger partial charge < -0.3 is 0 Å². The molecule has 1 saturated heterocycles. The SMILES string of the molecule is COC(=O)C1CC(N(C)CC#CC(C)(C)C)CCN1C(=O)[CH]([Pb])c1ccccc1. The fourth-order valence-corrected chi connectivity index (χ4v) is 4.88. The van der Waals surface area contributed by atoms with Crippen LogP contribution in [0.2, 0.25) is 0 Å². The zero-order valence-corrected chi connectivity index (χ0v) is 22.0. The van der Waals surface area contributed by atoms with Crippen molar-refractivity contribution in [2.24, 2.45) is 5.41 Å². The second kappa shape index (κ2) is 10.6. The average molecular weight is 591 g/mol. The molecule has 0 aliphatic carbocycles. The number of rotatable bonds is 5. The van der Waals surface area contributed by atoms with Crippen molar-refractivity contribution in [1.29, 1.82) is 0 Å². The first kappa shape index (κ1) is 23.9. The molecule has 0 saturated carbocycles. The first-order chi connectivity index (χ1) is 13.6. The van der Waals surface area contributed by atoms with E-state index in [4.69, 9.17) is 4.74 Å². The molecule has 1 aromatic rings. The van der Waals surface area contributed by atoms with Crippen molar-refractivity contribution in [3.8, 4) is 11.8 Å². The van der Waals surface area contributed by atoms with Crippen molar-refractivity contribution in [2.75, 3.05) is 27.2 Å². The Morgan fingerprint density at radius 2 is 1.97 bits per heavy atom. The molecular weight excluding hydrogens is 559 g/mol. The summed E-state index contributed by atoms with van der Waals surface area (Å²) in [5.74, 6) is 6.19. The predicted molar refractivity (Wildman–Crippen MR) is 115 cm³/mol. The summed E-state index contributed by atoms with van der Waals surface area (Å²) in [5, 5.41) is 0. The normalized spacial score (nSPS) is 20.6. The zero-order valence-electron chi connectivity index (χ0n) is 18.1. The van der Waals surface area contributed by atoms with Crippen LogP contribution >= 0.6 is 0 Å². The van der Waals surface area contributed by atoms with Crippen LogP contribution in [0.4, 0.5) is 0 Å². The number of hydrogen-bond donors (Lipinski definition) is 0. The molecule has 29 heavy (non-hydrogen) atoms. The maximum atomic E-state index is 13.2. The molecule has 0 aromatic heterocycles. The van der Waals surface area contributed by atoms with Crippen LogP contribution in [0.3, 0.4) is 0 Å². The summed E-state index contributed by atoms with van der Waals surface area (Å²) in [6.07, 6.45) is 1.41. The second-order valence-electron chi connectivity index (χ2n) is 8.56. The van der Waals surface area contributed by atoms with Gasteiger partial charge in [0, 0.05) is 0 Å². The molecule has 155 valence electrons. The molecule has 3 atom stereocenters. The van der Waals surface area contributed by atoms with Gasteiger partial charge in [0.25, 0.3) is 0 Å². The molecule has 0 spiro atoms. The van der Waals surface area contributed by atoms with Gasteiger partial charge in [-0.1, -0.05) is 0 Å². The third-order valence-corrected chi connectivity index (χ3v) is 7.38. The molecule has 1 aromatic carbocycles. The fraction of sp³-hybridized carbons (Fsp3) is 0.565. The summed E-state index contributed by atoms with van der Waals surface area (Å²) in [5.41, 5.74) is 0.993. The summed E-state index contributed by atoms with van der Waals surface area (Å²) in [7, 11) is 3.43. The van der Waals surface area contributed by atoms with Crippen molar-refractivity contribution >= 4 is 37.6 Å². The second-order valence-corrected chi connectivity index (χ2v) is 10.8. The molecule has 5 nitrogen and oxygen atoms in total. The average Bonchev–Trinajstić information content (AvgIpc) is 2.71. The van der Waals surface area contributed by atoms with E-state index >= 15 is 0 Å². The van der Waals surface area contributed by atoms with Crippen LogP contribution in [-0.2, 0) is 14.3 Å². The molecule has 1 aliphatic rings. The molecule has 0 N–H and O–H groups in total. The third-order valence-electron chi connectivity index (χ3n) is 5.13. The van der Waals surface area contributed by atoms with E-state index in [1.807, 2.05) is 37.4 Å². The standard InChI is InChI=1S/C23H31N2O3.Pb/c1-23(2,3)13-9-14-24(4)19-12-15-25(20(17-19)22(27)28-5)21(26)16-18-10-7-6-8-11-18;/h6-8,10-11,16,19-20H,12,14-15,17H2,1-5H3;. The Morgan fingerprint density at radius 3 is 2.55 bits per heavy atom. The molecule has 1 fully saturated rings. The Hall–Kier alpha value is -1.40. The van der Waals surface area contributed by atoms with Gasteiger partial charge in [-0.2, -0.15) is 0 Å². The van der Waals surface area contributed by atoms with Crippen LogP contribution < -0.4 is 0 Å². The van der Waals surface area contributed by atoms with E-state index in [-0.39, 0.29) is 26.8 Å². The van der Waals surface area contributed by atoms with E-state index in [2.05, 4.69) is 37.5 Å². The Labute approximate surface area is 190 Å². The number of amides is 1. The molecule has 3 radical (unpaired) electrons. The third kappa shape index (κ3) is 6.82. The van der Waals surface area contributed by atoms with Crippen molar-refractivity contribution < 1.29 is 14.3 Å². The first-order valence-corrected chi connectivity index (χ1v) is 12.2. The van der Waals surface area contributed by atoms with Crippen LogP contribution in [0.5, 0.6) is 0 Å². The monoisotopic (exact) mass is 591 g/mol. The Balaban J connectivity index is 2.11. The summed E-state index contributed by atoms with van der Waals surface area (Å²) in [4.78, 5) is 29.6. The number of likely N-dealkylation sites (tertiary alicyclic amines) is 1. The van der Waals surface area contributed by atoms with E-state index in [1.165, 1.54) is 7.11 Å². The predicted octanol–water partition coefficient (Wildman–Crippen LogP) is 2.41. The number of piperidine rings is 1. The van der Waals surface area contributed by atoms with Crippen LogP contribution in [-0.4, -0.2) is 86.8 Å². The first-order valence-electron chi connectivity index (χ1n) is 9.98. The Kier molecular flexibility index (Phi) is 8.71. The molecular formula is C23H31N2O3Pb. The van der Waals surface area contributed by atoms with Gasteiger partial charge in [-0.15, -0.1) is 0 Å². The van der Waals surface area contributed by atoms with Crippen molar-refractivity contribution in [3.63, 3.8) is 0 Å². The molecule has 2 rings (SSSR count). The number of benzene rings is 1. The van der Waals surface area contributed by atoms with Crippen LogP contribution in [0.25, 0.3) is 0 Å². The molecule has 1 heterocycles. The number of carbonyl (C=O) groups excluding carboxylic acids is 2. The number of esters is 1. The van der Waals surface area contributed by atoms with E-state index in [9.17, 15) is 9.59 Å². The molecule has 6 heteroatoms.